The highest BCUT2D eigenvalue weighted by Crippen LogP contribution is 2.25. The van der Waals surface area contributed by atoms with Crippen LogP contribution in [-0.2, 0) is 4.74 Å². The van der Waals surface area contributed by atoms with E-state index in [0.717, 1.165) is 37.6 Å². The first-order valence-electron chi connectivity index (χ1n) is 8.97. The maximum Gasteiger partial charge on any atom is 0.217 e. The number of hydrogen-bond acceptors (Lipinski definition) is 6. The summed E-state index contributed by atoms with van der Waals surface area (Å²) in [6.45, 7) is 9.23. The third kappa shape index (κ3) is 5.20. The Morgan fingerprint density at radius 3 is 2.77 bits per heavy atom. The molecule has 1 aromatic carbocycles. The smallest absolute Gasteiger partial charge is 0.217 e. The third-order valence-corrected chi connectivity index (χ3v) is 3.95. The molecule has 0 bridgehead atoms. The van der Waals surface area contributed by atoms with Crippen LogP contribution in [0.1, 0.15) is 25.0 Å². The zero-order chi connectivity index (χ0) is 18.4. The summed E-state index contributed by atoms with van der Waals surface area (Å²) >= 11 is 0. The molecule has 3 rings (SSSR count). The van der Waals surface area contributed by atoms with Crippen LogP contribution in [0, 0.1) is 6.92 Å². The van der Waals surface area contributed by atoms with Crippen molar-refractivity contribution in [1.29, 1.82) is 0 Å². The normalized spacial score (nSPS) is 14.8. The summed E-state index contributed by atoms with van der Waals surface area (Å²) in [5.74, 6) is 1.26. The molecule has 2 heterocycles. The predicted molar refractivity (Wildman–Crippen MR) is 105 cm³/mol. The molecule has 0 atom stereocenters. The minimum absolute atomic E-state index is 0.0612. The number of hydrazone groups is 1. The van der Waals surface area contributed by atoms with E-state index in [-0.39, 0.29) is 6.10 Å². The van der Waals surface area contributed by atoms with Crippen LogP contribution in [0.15, 0.2) is 41.5 Å². The Morgan fingerprint density at radius 1 is 1.23 bits per heavy atom. The number of ether oxygens (including phenoxy) is 2. The molecule has 0 unspecified atom stereocenters. The fourth-order valence-corrected chi connectivity index (χ4v) is 2.78. The average molecular weight is 354 g/mol. The minimum atomic E-state index is 0.0612. The van der Waals surface area contributed by atoms with Gasteiger partial charge in [-0.05, 0) is 26.3 Å². The zero-order valence-corrected chi connectivity index (χ0v) is 15.6. The molecule has 1 N–H and O–H groups in total. The molecule has 138 valence electrons. The van der Waals surface area contributed by atoms with E-state index in [4.69, 9.17) is 9.47 Å². The fraction of sp³-hybridized carbons (Fsp3) is 0.400. The number of rotatable bonds is 6. The second-order valence-electron chi connectivity index (χ2n) is 6.60. The Labute approximate surface area is 154 Å². The summed E-state index contributed by atoms with van der Waals surface area (Å²) < 4.78 is 11.2. The standard InChI is InChI=1S/C20H26N4O2/c1-15(2)26-20-13-18(24-7-9-25-10-8-24)12-19(22-20)23-21-14-17-6-4-5-16(3)11-17/h4-6,11-15H,7-10H2,1-3H3,(H,22,23). The Kier molecular flexibility index (Phi) is 6.07. The topological polar surface area (TPSA) is 59.0 Å². The van der Waals surface area contributed by atoms with Gasteiger partial charge in [0, 0.05) is 30.9 Å². The van der Waals surface area contributed by atoms with Crippen molar-refractivity contribution < 1.29 is 9.47 Å². The number of pyridine rings is 1. The van der Waals surface area contributed by atoms with Gasteiger partial charge in [-0.2, -0.15) is 10.1 Å². The van der Waals surface area contributed by atoms with Gasteiger partial charge in [-0.1, -0.05) is 29.8 Å². The summed E-state index contributed by atoms with van der Waals surface area (Å²) in [7, 11) is 0. The number of aromatic nitrogens is 1. The van der Waals surface area contributed by atoms with Crippen LogP contribution in [0.4, 0.5) is 11.5 Å². The van der Waals surface area contributed by atoms with Crippen LogP contribution < -0.4 is 15.1 Å². The van der Waals surface area contributed by atoms with E-state index in [1.165, 1.54) is 5.56 Å². The van der Waals surface area contributed by atoms with Crippen LogP contribution in [0.3, 0.4) is 0 Å². The number of hydrogen-bond donors (Lipinski definition) is 1. The van der Waals surface area contributed by atoms with Crippen molar-refractivity contribution in [2.24, 2.45) is 5.10 Å². The van der Waals surface area contributed by atoms with Gasteiger partial charge in [0.25, 0.3) is 0 Å². The van der Waals surface area contributed by atoms with E-state index in [0.29, 0.717) is 11.7 Å². The molecule has 0 amide bonds. The van der Waals surface area contributed by atoms with Crippen LogP contribution in [0.25, 0.3) is 0 Å². The summed E-state index contributed by atoms with van der Waals surface area (Å²) in [5.41, 5.74) is 6.33. The number of nitrogens with zero attached hydrogens (tertiary/aromatic N) is 3. The molecular weight excluding hydrogens is 328 g/mol. The average Bonchev–Trinajstić information content (AvgIpc) is 2.62. The summed E-state index contributed by atoms with van der Waals surface area (Å²) in [5, 5.41) is 4.32. The lowest BCUT2D eigenvalue weighted by Gasteiger charge is -2.29. The van der Waals surface area contributed by atoms with E-state index >= 15 is 0 Å². The molecule has 26 heavy (non-hydrogen) atoms. The van der Waals surface area contributed by atoms with Crippen molar-refractivity contribution in [2.75, 3.05) is 36.6 Å². The van der Waals surface area contributed by atoms with Crippen LogP contribution >= 0.6 is 0 Å². The first-order valence-corrected chi connectivity index (χ1v) is 8.97. The highest BCUT2D eigenvalue weighted by Gasteiger charge is 2.14. The Balaban J connectivity index is 1.77. The molecule has 0 aliphatic carbocycles. The monoisotopic (exact) mass is 354 g/mol. The van der Waals surface area contributed by atoms with Crippen molar-refractivity contribution in [2.45, 2.75) is 26.9 Å². The Morgan fingerprint density at radius 2 is 2.04 bits per heavy atom. The first kappa shape index (κ1) is 18.2. The highest BCUT2D eigenvalue weighted by molar-refractivity contribution is 5.80. The molecule has 1 fully saturated rings. The lowest BCUT2D eigenvalue weighted by atomic mass is 10.2. The van der Waals surface area contributed by atoms with Crippen LogP contribution in [0.5, 0.6) is 5.88 Å². The van der Waals surface area contributed by atoms with E-state index in [1.54, 1.807) is 6.21 Å². The number of anilines is 2. The van der Waals surface area contributed by atoms with Gasteiger partial charge in [0.15, 0.2) is 5.82 Å². The largest absolute Gasteiger partial charge is 0.475 e. The molecule has 0 saturated carbocycles. The summed E-state index contributed by atoms with van der Waals surface area (Å²) in [6.07, 6.45) is 1.85. The van der Waals surface area contributed by atoms with Crippen molar-refractivity contribution in [1.82, 2.24) is 4.98 Å². The van der Waals surface area contributed by atoms with Crippen LogP contribution in [-0.4, -0.2) is 43.6 Å². The van der Waals surface area contributed by atoms with Gasteiger partial charge in [0.05, 0.1) is 25.5 Å². The molecule has 0 spiro atoms. The summed E-state index contributed by atoms with van der Waals surface area (Å²) in [4.78, 5) is 6.78. The second kappa shape index (κ2) is 8.67. The van der Waals surface area contributed by atoms with Crippen molar-refractivity contribution in [3.05, 3.63) is 47.5 Å². The van der Waals surface area contributed by atoms with E-state index in [2.05, 4.69) is 39.5 Å². The zero-order valence-electron chi connectivity index (χ0n) is 15.6. The summed E-state index contributed by atoms with van der Waals surface area (Å²) in [6, 6.07) is 12.1. The Bertz CT molecular complexity index is 755. The minimum Gasteiger partial charge on any atom is -0.475 e. The SMILES string of the molecule is Cc1cccc(C=NNc2cc(N3CCOCC3)cc(OC(C)C)n2)c1. The van der Waals surface area contributed by atoms with Crippen molar-refractivity contribution >= 4 is 17.7 Å². The molecule has 1 aromatic heterocycles. The maximum atomic E-state index is 5.81. The molecule has 1 aliphatic heterocycles. The first-order chi connectivity index (χ1) is 12.6. The molecule has 0 radical (unpaired) electrons. The molecule has 6 nitrogen and oxygen atoms in total. The van der Waals surface area contributed by atoms with Gasteiger partial charge >= 0.3 is 0 Å². The van der Waals surface area contributed by atoms with E-state index in [1.807, 2.05) is 38.1 Å². The fourth-order valence-electron chi connectivity index (χ4n) is 2.78. The highest BCUT2D eigenvalue weighted by atomic mass is 16.5. The lowest BCUT2D eigenvalue weighted by molar-refractivity contribution is 0.122. The maximum absolute atomic E-state index is 5.81. The molecule has 1 saturated heterocycles. The van der Waals surface area contributed by atoms with Gasteiger partial charge < -0.3 is 14.4 Å². The molecule has 1 aliphatic rings. The molecular formula is C20H26N4O2. The van der Waals surface area contributed by atoms with Gasteiger partial charge in [0.2, 0.25) is 5.88 Å². The van der Waals surface area contributed by atoms with Gasteiger partial charge in [-0.25, -0.2) is 0 Å². The second-order valence-corrected chi connectivity index (χ2v) is 6.60. The quantitative estimate of drug-likeness (QED) is 0.636. The van der Waals surface area contributed by atoms with Gasteiger partial charge in [0.1, 0.15) is 0 Å². The van der Waals surface area contributed by atoms with Crippen LogP contribution in [0.2, 0.25) is 0 Å². The molecule has 2 aromatic rings. The number of aryl methyl sites for hydroxylation is 1. The predicted octanol–water partition coefficient (Wildman–Crippen LogP) is 3.46. The number of nitrogens with one attached hydrogen (secondary N) is 1. The number of benzene rings is 1. The lowest BCUT2D eigenvalue weighted by Crippen LogP contribution is -2.36. The number of morpholine rings is 1. The van der Waals surface area contributed by atoms with E-state index < -0.39 is 0 Å². The van der Waals surface area contributed by atoms with Gasteiger partial charge in [-0.15, -0.1) is 0 Å². The third-order valence-electron chi connectivity index (χ3n) is 3.95. The Hall–Kier alpha value is -2.60. The van der Waals surface area contributed by atoms with Gasteiger partial charge in [-0.3, -0.25) is 5.43 Å². The van der Waals surface area contributed by atoms with Crippen molar-refractivity contribution in [3.63, 3.8) is 0 Å². The molecule has 6 heteroatoms. The van der Waals surface area contributed by atoms with E-state index in [9.17, 15) is 0 Å². The van der Waals surface area contributed by atoms with Crippen molar-refractivity contribution in [3.8, 4) is 5.88 Å².